The number of nitrogens with one attached hydrogen (secondary N) is 1. The Labute approximate surface area is 128 Å². The van der Waals surface area contributed by atoms with E-state index in [0.29, 0.717) is 19.1 Å². The van der Waals surface area contributed by atoms with E-state index >= 15 is 0 Å². The van der Waals surface area contributed by atoms with Crippen LogP contribution in [0.1, 0.15) is 6.92 Å². The molecule has 0 aromatic heterocycles. The topological polar surface area (TPSA) is 41.5 Å². The zero-order valence-electron chi connectivity index (χ0n) is 11.4. The van der Waals surface area contributed by atoms with Crippen molar-refractivity contribution in [3.05, 3.63) is 28.7 Å². The molecule has 2 atom stereocenters. The van der Waals surface area contributed by atoms with Crippen LogP contribution in [0.4, 0.5) is 0 Å². The molecule has 19 heavy (non-hydrogen) atoms. The second kappa shape index (κ2) is 9.64. The van der Waals surface area contributed by atoms with Crippen LogP contribution in [-0.2, 0) is 0 Å². The molecular formula is C14H22BrNO2S. The van der Waals surface area contributed by atoms with Crippen LogP contribution in [0.3, 0.4) is 0 Å². The van der Waals surface area contributed by atoms with E-state index in [1.807, 2.05) is 36.0 Å². The number of hydrogen-bond acceptors (Lipinski definition) is 4. The van der Waals surface area contributed by atoms with Crippen molar-refractivity contribution in [3.8, 4) is 5.75 Å². The number of ether oxygens (including phenoxy) is 1. The van der Waals surface area contributed by atoms with Crippen LogP contribution in [0.2, 0.25) is 0 Å². The normalized spacial score (nSPS) is 14.1. The molecule has 2 N–H and O–H groups in total. The Kier molecular flexibility index (Phi) is 8.53. The third-order valence-corrected chi connectivity index (χ3v) is 4.01. The Hall–Kier alpha value is -0.230. The van der Waals surface area contributed by atoms with Crippen LogP contribution in [0.25, 0.3) is 0 Å². The van der Waals surface area contributed by atoms with Gasteiger partial charge in [0, 0.05) is 11.0 Å². The standard InChI is InChI=1S/C14H22BrNO2S/c1-11(10-19-2)7-16-8-13(17)9-18-14-5-3-12(15)4-6-14/h3-6,11,13,16-17H,7-10H2,1-2H3. The maximum absolute atomic E-state index is 9.81. The fourth-order valence-corrected chi connectivity index (χ4v) is 2.57. The Morgan fingerprint density at radius 3 is 2.63 bits per heavy atom. The zero-order chi connectivity index (χ0) is 14.1. The molecule has 0 radical (unpaired) electrons. The van der Waals surface area contributed by atoms with Gasteiger partial charge in [0.25, 0.3) is 0 Å². The molecule has 1 aromatic rings. The Bertz CT molecular complexity index is 348. The van der Waals surface area contributed by atoms with Crippen LogP contribution in [0.5, 0.6) is 5.75 Å². The first kappa shape index (κ1) is 16.8. The Balaban J connectivity index is 2.14. The number of rotatable bonds is 9. The molecule has 0 amide bonds. The molecule has 1 rings (SSSR count). The number of aliphatic hydroxyl groups is 1. The van der Waals surface area contributed by atoms with Gasteiger partial charge in [0.05, 0.1) is 0 Å². The van der Waals surface area contributed by atoms with Gasteiger partial charge in [0.15, 0.2) is 0 Å². The van der Waals surface area contributed by atoms with Crippen molar-refractivity contribution < 1.29 is 9.84 Å². The monoisotopic (exact) mass is 347 g/mol. The number of benzene rings is 1. The van der Waals surface area contributed by atoms with E-state index in [0.717, 1.165) is 22.5 Å². The smallest absolute Gasteiger partial charge is 0.119 e. The van der Waals surface area contributed by atoms with Crippen LogP contribution in [-0.4, -0.2) is 42.9 Å². The molecule has 0 saturated heterocycles. The lowest BCUT2D eigenvalue weighted by Crippen LogP contribution is -2.34. The summed E-state index contributed by atoms with van der Waals surface area (Å²) in [5.41, 5.74) is 0. The van der Waals surface area contributed by atoms with Crippen LogP contribution in [0.15, 0.2) is 28.7 Å². The molecule has 0 bridgehead atoms. The fraction of sp³-hybridized carbons (Fsp3) is 0.571. The van der Waals surface area contributed by atoms with E-state index < -0.39 is 6.10 Å². The van der Waals surface area contributed by atoms with E-state index in [1.165, 1.54) is 0 Å². The van der Waals surface area contributed by atoms with Gasteiger partial charge < -0.3 is 15.2 Å². The summed E-state index contributed by atoms with van der Waals surface area (Å²) in [6, 6.07) is 7.60. The second-order valence-corrected chi connectivity index (χ2v) is 6.46. The molecule has 3 nitrogen and oxygen atoms in total. The molecule has 0 aliphatic heterocycles. The van der Waals surface area contributed by atoms with Crippen molar-refractivity contribution in [1.82, 2.24) is 5.32 Å². The quantitative estimate of drug-likeness (QED) is 0.720. The molecule has 0 spiro atoms. The summed E-state index contributed by atoms with van der Waals surface area (Å²) in [7, 11) is 0. The zero-order valence-corrected chi connectivity index (χ0v) is 13.8. The number of hydrogen-bond donors (Lipinski definition) is 2. The van der Waals surface area contributed by atoms with Gasteiger partial charge in [-0.15, -0.1) is 0 Å². The molecule has 0 aliphatic rings. The van der Waals surface area contributed by atoms with Crippen LogP contribution in [0, 0.1) is 5.92 Å². The molecule has 5 heteroatoms. The van der Waals surface area contributed by atoms with Gasteiger partial charge in [-0.1, -0.05) is 22.9 Å². The fourth-order valence-electron chi connectivity index (χ4n) is 1.62. The van der Waals surface area contributed by atoms with Gasteiger partial charge >= 0.3 is 0 Å². The van der Waals surface area contributed by atoms with Gasteiger partial charge in [0.2, 0.25) is 0 Å². The van der Waals surface area contributed by atoms with Crippen molar-refractivity contribution in [2.24, 2.45) is 5.92 Å². The second-order valence-electron chi connectivity index (χ2n) is 4.64. The van der Waals surface area contributed by atoms with Crippen molar-refractivity contribution in [2.45, 2.75) is 13.0 Å². The number of thioether (sulfide) groups is 1. The lowest BCUT2D eigenvalue weighted by molar-refractivity contribution is 0.106. The predicted octanol–water partition coefficient (Wildman–Crippen LogP) is 2.78. The van der Waals surface area contributed by atoms with E-state index in [1.54, 1.807) is 0 Å². The minimum absolute atomic E-state index is 0.311. The molecule has 0 fully saturated rings. The minimum Gasteiger partial charge on any atom is -0.491 e. The van der Waals surface area contributed by atoms with Gasteiger partial charge in [-0.25, -0.2) is 0 Å². The summed E-state index contributed by atoms with van der Waals surface area (Å²) >= 11 is 5.22. The predicted molar refractivity (Wildman–Crippen MR) is 86.1 cm³/mol. The van der Waals surface area contributed by atoms with Crippen molar-refractivity contribution in [2.75, 3.05) is 31.7 Å². The molecule has 0 heterocycles. The lowest BCUT2D eigenvalue weighted by Gasteiger charge is -2.15. The highest BCUT2D eigenvalue weighted by Gasteiger charge is 2.06. The van der Waals surface area contributed by atoms with Crippen LogP contribution < -0.4 is 10.1 Å². The first-order chi connectivity index (χ1) is 9.11. The largest absolute Gasteiger partial charge is 0.491 e. The molecule has 1 aromatic carbocycles. The summed E-state index contributed by atoms with van der Waals surface area (Å²) in [4.78, 5) is 0. The third-order valence-electron chi connectivity index (χ3n) is 2.58. The summed E-state index contributed by atoms with van der Waals surface area (Å²) in [5.74, 6) is 2.53. The Morgan fingerprint density at radius 2 is 2.00 bits per heavy atom. The van der Waals surface area contributed by atoms with Crippen molar-refractivity contribution in [1.29, 1.82) is 0 Å². The average Bonchev–Trinajstić information content (AvgIpc) is 2.38. The van der Waals surface area contributed by atoms with Crippen molar-refractivity contribution >= 4 is 27.7 Å². The first-order valence-corrected chi connectivity index (χ1v) is 8.56. The van der Waals surface area contributed by atoms with Gasteiger partial charge in [-0.3, -0.25) is 0 Å². The lowest BCUT2D eigenvalue weighted by atomic mass is 10.2. The van der Waals surface area contributed by atoms with E-state index in [-0.39, 0.29) is 0 Å². The Morgan fingerprint density at radius 1 is 1.32 bits per heavy atom. The third kappa shape index (κ3) is 7.82. The highest BCUT2D eigenvalue weighted by molar-refractivity contribution is 9.10. The van der Waals surface area contributed by atoms with E-state index in [9.17, 15) is 5.11 Å². The van der Waals surface area contributed by atoms with Gasteiger partial charge in [-0.05, 0) is 48.7 Å². The summed E-state index contributed by atoms with van der Waals surface area (Å²) in [6.07, 6.45) is 1.63. The minimum atomic E-state index is -0.481. The molecule has 2 unspecified atom stereocenters. The van der Waals surface area contributed by atoms with Gasteiger partial charge in [0.1, 0.15) is 18.5 Å². The molecule has 0 saturated carbocycles. The number of aliphatic hydroxyl groups excluding tert-OH is 1. The summed E-state index contributed by atoms with van der Waals surface area (Å²) < 4.78 is 6.53. The first-order valence-electron chi connectivity index (χ1n) is 6.38. The van der Waals surface area contributed by atoms with Gasteiger partial charge in [-0.2, -0.15) is 11.8 Å². The highest BCUT2D eigenvalue weighted by Crippen LogP contribution is 2.16. The SMILES string of the molecule is CSCC(C)CNCC(O)COc1ccc(Br)cc1. The maximum atomic E-state index is 9.81. The van der Waals surface area contributed by atoms with Crippen molar-refractivity contribution in [3.63, 3.8) is 0 Å². The molecule has 0 aliphatic carbocycles. The van der Waals surface area contributed by atoms with Crippen LogP contribution >= 0.6 is 27.7 Å². The molecular weight excluding hydrogens is 326 g/mol. The van der Waals surface area contributed by atoms with E-state index in [2.05, 4.69) is 34.4 Å². The molecule has 108 valence electrons. The number of halogens is 1. The average molecular weight is 348 g/mol. The van der Waals surface area contributed by atoms with E-state index in [4.69, 9.17) is 4.74 Å². The summed E-state index contributed by atoms with van der Waals surface area (Å²) in [5, 5.41) is 13.1. The maximum Gasteiger partial charge on any atom is 0.119 e. The summed E-state index contributed by atoms with van der Waals surface area (Å²) in [6.45, 7) is 4.01. The highest BCUT2D eigenvalue weighted by atomic mass is 79.9.